The summed E-state index contributed by atoms with van der Waals surface area (Å²) in [5.74, 6) is 0.131. The van der Waals surface area contributed by atoms with Crippen LogP contribution in [0.25, 0.3) is 0 Å². The summed E-state index contributed by atoms with van der Waals surface area (Å²) >= 11 is 0. The van der Waals surface area contributed by atoms with Crippen molar-refractivity contribution in [3.05, 3.63) is 60.2 Å². The highest BCUT2D eigenvalue weighted by molar-refractivity contribution is 7.92. The molecule has 3 rings (SSSR count). The summed E-state index contributed by atoms with van der Waals surface area (Å²) in [6, 6.07) is 14.8. The third-order valence-corrected chi connectivity index (χ3v) is 6.42. The van der Waals surface area contributed by atoms with E-state index in [1.54, 1.807) is 36.4 Å². The average Bonchev–Trinajstić information content (AvgIpc) is 3.51. The van der Waals surface area contributed by atoms with Crippen molar-refractivity contribution in [3.63, 3.8) is 0 Å². The predicted molar refractivity (Wildman–Crippen MR) is 109 cm³/mol. The van der Waals surface area contributed by atoms with Crippen LogP contribution >= 0.6 is 12.4 Å². The lowest BCUT2D eigenvalue weighted by atomic mass is 10.1. The third kappa shape index (κ3) is 4.80. The molecule has 6 nitrogen and oxygen atoms in total. The fourth-order valence-electron chi connectivity index (χ4n) is 2.85. The maximum absolute atomic E-state index is 12.9. The van der Waals surface area contributed by atoms with Gasteiger partial charge in [-0.25, -0.2) is 8.42 Å². The van der Waals surface area contributed by atoms with Gasteiger partial charge >= 0.3 is 0 Å². The topological polar surface area (TPSA) is 92.5 Å². The summed E-state index contributed by atoms with van der Waals surface area (Å²) in [6.45, 7) is 0.380. The number of rotatable bonds is 7. The van der Waals surface area contributed by atoms with Crippen molar-refractivity contribution in [1.82, 2.24) is 5.32 Å². The number of amides is 1. The Bertz CT molecular complexity index is 886. The van der Waals surface area contributed by atoms with Gasteiger partial charge in [0.15, 0.2) is 0 Å². The molecule has 1 aliphatic rings. The van der Waals surface area contributed by atoms with Gasteiger partial charge in [0.05, 0.1) is 10.6 Å². The second-order valence-electron chi connectivity index (χ2n) is 6.49. The molecule has 0 spiro atoms. The molecule has 1 saturated carbocycles. The largest absolute Gasteiger partial charge is 0.348 e. The van der Waals surface area contributed by atoms with Gasteiger partial charge in [-0.05, 0) is 49.1 Å². The number of carbonyl (C=O) groups excluding carboxylic acids is 1. The van der Waals surface area contributed by atoms with Gasteiger partial charge in [-0.3, -0.25) is 9.10 Å². The number of para-hydroxylation sites is 1. The third-order valence-electron chi connectivity index (χ3n) is 4.64. The maximum atomic E-state index is 12.9. The standard InChI is InChI=1S/C19H23N3O3S.ClH/c1-22(16-7-3-2-4-8-16)26(24,25)17-9-5-6-15(12-17)19(23)21-18(13-20)14-10-11-14;/h2-9,12,14,18H,10-11,13,20H2,1H3,(H,21,23);1H. The second kappa shape index (κ2) is 8.73. The van der Waals surface area contributed by atoms with Crippen LogP contribution in [0.15, 0.2) is 59.5 Å². The van der Waals surface area contributed by atoms with Crippen molar-refractivity contribution in [2.45, 2.75) is 23.8 Å². The van der Waals surface area contributed by atoms with Crippen LogP contribution in [-0.4, -0.2) is 34.0 Å². The van der Waals surface area contributed by atoms with Crippen molar-refractivity contribution in [1.29, 1.82) is 0 Å². The zero-order chi connectivity index (χ0) is 18.7. The van der Waals surface area contributed by atoms with Gasteiger partial charge in [0, 0.05) is 25.2 Å². The van der Waals surface area contributed by atoms with Crippen LogP contribution in [0.1, 0.15) is 23.2 Å². The molecule has 1 fully saturated rings. The first kappa shape index (κ1) is 21.2. The molecule has 1 amide bonds. The van der Waals surface area contributed by atoms with Gasteiger partial charge in [-0.1, -0.05) is 24.3 Å². The Labute approximate surface area is 166 Å². The highest BCUT2D eigenvalue weighted by atomic mass is 35.5. The van der Waals surface area contributed by atoms with Gasteiger partial charge in [-0.15, -0.1) is 12.4 Å². The lowest BCUT2D eigenvalue weighted by molar-refractivity contribution is 0.0933. The van der Waals surface area contributed by atoms with Gasteiger partial charge in [0.2, 0.25) is 0 Å². The molecule has 146 valence electrons. The second-order valence-corrected chi connectivity index (χ2v) is 8.46. The molecule has 0 radical (unpaired) electrons. The van der Waals surface area contributed by atoms with Crippen LogP contribution in [0, 0.1) is 5.92 Å². The number of nitrogens with zero attached hydrogens (tertiary/aromatic N) is 1. The summed E-state index contributed by atoms with van der Waals surface area (Å²) in [7, 11) is -2.26. The van der Waals surface area contributed by atoms with Crippen molar-refractivity contribution < 1.29 is 13.2 Å². The summed E-state index contributed by atoms with van der Waals surface area (Å²) in [6.07, 6.45) is 2.14. The highest BCUT2D eigenvalue weighted by Gasteiger charge is 2.31. The zero-order valence-corrected chi connectivity index (χ0v) is 16.7. The fraction of sp³-hybridized carbons (Fsp3) is 0.316. The normalized spacial score (nSPS) is 14.7. The Kier molecular flexibility index (Phi) is 6.86. The minimum absolute atomic E-state index is 0. The van der Waals surface area contributed by atoms with Crippen LogP contribution in [0.4, 0.5) is 5.69 Å². The number of nitrogens with one attached hydrogen (secondary N) is 1. The Morgan fingerprint density at radius 3 is 2.44 bits per heavy atom. The number of carbonyl (C=O) groups is 1. The van der Waals surface area contributed by atoms with Crippen molar-refractivity contribution >= 4 is 34.0 Å². The van der Waals surface area contributed by atoms with Crippen molar-refractivity contribution in [2.24, 2.45) is 11.7 Å². The monoisotopic (exact) mass is 409 g/mol. The molecule has 8 heteroatoms. The fourth-order valence-corrected chi connectivity index (χ4v) is 4.09. The van der Waals surface area contributed by atoms with E-state index < -0.39 is 10.0 Å². The van der Waals surface area contributed by atoms with E-state index >= 15 is 0 Å². The number of anilines is 1. The van der Waals surface area contributed by atoms with Gasteiger partial charge in [0.25, 0.3) is 15.9 Å². The molecular weight excluding hydrogens is 386 g/mol. The zero-order valence-electron chi connectivity index (χ0n) is 15.0. The Morgan fingerprint density at radius 2 is 1.85 bits per heavy atom. The molecule has 2 aromatic rings. The van der Waals surface area contributed by atoms with Crippen molar-refractivity contribution in [3.8, 4) is 0 Å². The van der Waals surface area contributed by atoms with E-state index in [1.165, 1.54) is 23.5 Å². The molecule has 1 aliphatic carbocycles. The first-order chi connectivity index (χ1) is 12.4. The number of nitrogens with two attached hydrogens (primary N) is 1. The predicted octanol–water partition coefficient (Wildman–Crippen LogP) is 2.40. The van der Waals surface area contributed by atoms with E-state index in [0.29, 0.717) is 23.7 Å². The molecule has 1 unspecified atom stereocenters. The van der Waals surface area contributed by atoms with Crippen LogP contribution < -0.4 is 15.4 Å². The van der Waals surface area contributed by atoms with Crippen LogP contribution in [-0.2, 0) is 10.0 Å². The molecular formula is C19H24ClN3O3S. The number of sulfonamides is 1. The van der Waals surface area contributed by atoms with Gasteiger partial charge in [-0.2, -0.15) is 0 Å². The van der Waals surface area contributed by atoms with Gasteiger partial charge < -0.3 is 11.1 Å². The lowest BCUT2D eigenvalue weighted by Gasteiger charge is -2.20. The average molecular weight is 410 g/mol. The number of hydrogen-bond acceptors (Lipinski definition) is 4. The molecule has 27 heavy (non-hydrogen) atoms. The Hall–Kier alpha value is -2.09. The molecule has 1 atom stereocenters. The lowest BCUT2D eigenvalue weighted by Crippen LogP contribution is -2.41. The smallest absolute Gasteiger partial charge is 0.264 e. The molecule has 0 aromatic heterocycles. The first-order valence-electron chi connectivity index (χ1n) is 8.58. The van der Waals surface area contributed by atoms with Gasteiger partial charge in [0.1, 0.15) is 0 Å². The van der Waals surface area contributed by atoms with Crippen LogP contribution in [0.5, 0.6) is 0 Å². The Balaban J connectivity index is 0.00000261. The summed E-state index contributed by atoms with van der Waals surface area (Å²) in [5, 5.41) is 2.91. The summed E-state index contributed by atoms with van der Waals surface area (Å²) in [5.41, 5.74) is 6.59. The van der Waals surface area contributed by atoms with E-state index in [4.69, 9.17) is 5.73 Å². The van der Waals surface area contributed by atoms with E-state index in [0.717, 1.165) is 12.8 Å². The SMILES string of the molecule is CN(c1ccccc1)S(=O)(=O)c1cccc(C(=O)NC(CN)C2CC2)c1.Cl. The summed E-state index contributed by atoms with van der Waals surface area (Å²) < 4.78 is 27.0. The van der Waals surface area contributed by atoms with Crippen LogP contribution in [0.2, 0.25) is 0 Å². The number of benzene rings is 2. The quantitative estimate of drug-likeness (QED) is 0.734. The van der Waals surface area contributed by atoms with Crippen molar-refractivity contribution in [2.75, 3.05) is 17.9 Å². The minimum atomic E-state index is -3.76. The molecule has 2 aromatic carbocycles. The van der Waals surface area contributed by atoms with E-state index in [2.05, 4.69) is 5.32 Å². The number of hydrogen-bond donors (Lipinski definition) is 2. The Morgan fingerprint density at radius 1 is 1.19 bits per heavy atom. The van der Waals surface area contributed by atoms with Crippen LogP contribution in [0.3, 0.4) is 0 Å². The maximum Gasteiger partial charge on any atom is 0.264 e. The van der Waals surface area contributed by atoms with E-state index in [1.807, 2.05) is 6.07 Å². The van der Waals surface area contributed by atoms with E-state index in [9.17, 15) is 13.2 Å². The molecule has 3 N–H and O–H groups in total. The first-order valence-corrected chi connectivity index (χ1v) is 10.0. The molecule has 0 saturated heterocycles. The molecule has 0 heterocycles. The summed E-state index contributed by atoms with van der Waals surface area (Å²) in [4.78, 5) is 12.6. The van der Waals surface area contributed by atoms with E-state index in [-0.39, 0.29) is 29.3 Å². The minimum Gasteiger partial charge on any atom is -0.348 e. The molecule has 0 aliphatic heterocycles. The highest BCUT2D eigenvalue weighted by Crippen LogP contribution is 2.32. The molecule has 0 bridgehead atoms. The number of halogens is 1.